The molecule has 8 heteroatoms. The zero-order chi connectivity index (χ0) is 14.1. The third-order valence-corrected chi connectivity index (χ3v) is 3.56. The molecule has 0 bridgehead atoms. The minimum atomic E-state index is -1.02. The molecule has 0 spiro atoms. The highest BCUT2D eigenvalue weighted by molar-refractivity contribution is 7.07. The molecule has 20 heavy (non-hydrogen) atoms. The molecule has 0 unspecified atom stereocenters. The summed E-state index contributed by atoms with van der Waals surface area (Å²) in [7, 11) is 1.76. The van der Waals surface area contributed by atoms with Crippen molar-refractivity contribution in [2.24, 2.45) is 7.05 Å². The van der Waals surface area contributed by atoms with Crippen molar-refractivity contribution in [3.05, 3.63) is 34.5 Å². The van der Waals surface area contributed by atoms with E-state index >= 15 is 0 Å². The number of carbonyl (C=O) groups is 1. The Morgan fingerprint density at radius 3 is 3.00 bits per heavy atom. The largest absolute Gasteiger partial charge is 0.478 e. The van der Waals surface area contributed by atoms with E-state index in [1.54, 1.807) is 23.4 Å². The maximum Gasteiger partial charge on any atom is 0.339 e. The van der Waals surface area contributed by atoms with E-state index in [-0.39, 0.29) is 5.56 Å². The summed E-state index contributed by atoms with van der Waals surface area (Å²) in [6.45, 7) is 0.456. The summed E-state index contributed by atoms with van der Waals surface area (Å²) in [5, 5.41) is 19.1. The number of nitrogens with zero attached hydrogens (tertiary/aromatic N) is 4. The van der Waals surface area contributed by atoms with Crippen LogP contribution in [0.2, 0.25) is 0 Å². The number of aryl methyl sites for hydroxylation is 1. The number of aromatic nitrogens is 4. The smallest absolute Gasteiger partial charge is 0.339 e. The summed E-state index contributed by atoms with van der Waals surface area (Å²) in [6, 6.07) is 0. The maximum atomic E-state index is 11.3. The third-order valence-electron chi connectivity index (χ3n) is 2.92. The summed E-state index contributed by atoms with van der Waals surface area (Å²) in [5.74, 6) is -1.02. The summed E-state index contributed by atoms with van der Waals surface area (Å²) >= 11 is 1.50. The summed E-state index contributed by atoms with van der Waals surface area (Å²) in [4.78, 5) is 19.6. The minimum Gasteiger partial charge on any atom is -0.478 e. The first-order chi connectivity index (χ1) is 9.66. The number of fused-ring (bicyclic) bond motifs is 1. The average molecular weight is 289 g/mol. The monoisotopic (exact) mass is 289 g/mol. The Hall–Kier alpha value is -2.48. The first-order valence-corrected chi connectivity index (χ1v) is 6.76. The van der Waals surface area contributed by atoms with Gasteiger partial charge in [0.2, 0.25) is 0 Å². The molecule has 3 heterocycles. The van der Waals surface area contributed by atoms with Gasteiger partial charge < -0.3 is 10.4 Å². The van der Waals surface area contributed by atoms with Crippen LogP contribution in [0.4, 0.5) is 5.69 Å². The number of rotatable bonds is 4. The number of thiazole rings is 1. The predicted molar refractivity (Wildman–Crippen MR) is 74.9 cm³/mol. The van der Waals surface area contributed by atoms with Gasteiger partial charge in [-0.15, -0.1) is 11.3 Å². The Morgan fingerprint density at radius 1 is 1.45 bits per heavy atom. The van der Waals surface area contributed by atoms with Crippen LogP contribution in [-0.4, -0.2) is 30.8 Å². The number of carboxylic acids is 1. The highest BCUT2D eigenvalue weighted by atomic mass is 32.1. The number of anilines is 1. The molecular weight excluding hydrogens is 278 g/mol. The highest BCUT2D eigenvalue weighted by Crippen LogP contribution is 2.26. The van der Waals surface area contributed by atoms with Crippen LogP contribution in [0.5, 0.6) is 0 Å². The molecule has 3 rings (SSSR count). The van der Waals surface area contributed by atoms with Crippen LogP contribution in [0.25, 0.3) is 11.0 Å². The van der Waals surface area contributed by atoms with Crippen LogP contribution < -0.4 is 5.32 Å². The van der Waals surface area contributed by atoms with Crippen molar-refractivity contribution in [3.8, 4) is 0 Å². The van der Waals surface area contributed by atoms with Crippen LogP contribution in [0.15, 0.2) is 23.3 Å². The fourth-order valence-electron chi connectivity index (χ4n) is 1.95. The van der Waals surface area contributed by atoms with E-state index in [4.69, 9.17) is 0 Å². The molecule has 0 fully saturated rings. The van der Waals surface area contributed by atoms with E-state index in [0.717, 1.165) is 5.69 Å². The van der Waals surface area contributed by atoms with E-state index in [0.29, 0.717) is 23.3 Å². The van der Waals surface area contributed by atoms with Crippen molar-refractivity contribution >= 4 is 34.0 Å². The molecule has 0 saturated heterocycles. The van der Waals surface area contributed by atoms with E-state index in [2.05, 4.69) is 20.4 Å². The van der Waals surface area contributed by atoms with Gasteiger partial charge in [0.05, 0.1) is 35.0 Å². The lowest BCUT2D eigenvalue weighted by molar-refractivity contribution is 0.0697. The van der Waals surface area contributed by atoms with Gasteiger partial charge in [-0.25, -0.2) is 14.8 Å². The normalized spacial score (nSPS) is 10.8. The van der Waals surface area contributed by atoms with Gasteiger partial charge in [-0.2, -0.15) is 5.10 Å². The average Bonchev–Trinajstić information content (AvgIpc) is 3.06. The number of aromatic carboxylic acids is 1. The van der Waals surface area contributed by atoms with Gasteiger partial charge in [-0.05, 0) is 0 Å². The van der Waals surface area contributed by atoms with E-state index < -0.39 is 5.97 Å². The second kappa shape index (κ2) is 4.89. The van der Waals surface area contributed by atoms with Crippen LogP contribution in [-0.2, 0) is 13.6 Å². The molecule has 0 amide bonds. The van der Waals surface area contributed by atoms with E-state index in [9.17, 15) is 9.90 Å². The Balaban J connectivity index is 2.05. The molecule has 0 radical (unpaired) electrons. The molecule has 3 aromatic heterocycles. The van der Waals surface area contributed by atoms with Crippen LogP contribution in [0.3, 0.4) is 0 Å². The zero-order valence-electron chi connectivity index (χ0n) is 10.6. The summed E-state index contributed by atoms with van der Waals surface area (Å²) in [5.41, 5.74) is 3.88. The van der Waals surface area contributed by atoms with Gasteiger partial charge in [-0.1, -0.05) is 0 Å². The Kier molecular flexibility index (Phi) is 3.07. The third kappa shape index (κ3) is 2.10. The fraction of sp³-hybridized carbons (Fsp3) is 0.167. The molecule has 0 aliphatic carbocycles. The maximum absolute atomic E-state index is 11.3. The molecule has 0 aromatic carbocycles. The van der Waals surface area contributed by atoms with Gasteiger partial charge >= 0.3 is 5.97 Å². The summed E-state index contributed by atoms with van der Waals surface area (Å²) < 4.78 is 1.61. The predicted octanol–water partition coefficient (Wildman–Crippen LogP) is 1.74. The molecule has 2 N–H and O–H groups in total. The second-order valence-corrected chi connectivity index (χ2v) is 4.91. The lowest BCUT2D eigenvalue weighted by Gasteiger charge is -2.09. The van der Waals surface area contributed by atoms with E-state index in [1.807, 2.05) is 5.38 Å². The van der Waals surface area contributed by atoms with E-state index in [1.165, 1.54) is 17.5 Å². The fourth-order valence-corrected chi connectivity index (χ4v) is 2.51. The lowest BCUT2D eigenvalue weighted by Crippen LogP contribution is -2.08. The van der Waals surface area contributed by atoms with Crippen molar-refractivity contribution in [1.29, 1.82) is 0 Å². The van der Waals surface area contributed by atoms with Crippen molar-refractivity contribution in [2.45, 2.75) is 6.54 Å². The second-order valence-electron chi connectivity index (χ2n) is 4.19. The van der Waals surface area contributed by atoms with Crippen LogP contribution in [0.1, 0.15) is 16.1 Å². The van der Waals surface area contributed by atoms with Crippen molar-refractivity contribution in [2.75, 3.05) is 5.32 Å². The molecule has 0 atom stereocenters. The van der Waals surface area contributed by atoms with Gasteiger partial charge in [0, 0.05) is 18.6 Å². The zero-order valence-corrected chi connectivity index (χ0v) is 11.4. The van der Waals surface area contributed by atoms with Crippen molar-refractivity contribution < 1.29 is 9.90 Å². The van der Waals surface area contributed by atoms with Gasteiger partial charge in [0.15, 0.2) is 5.65 Å². The molecule has 0 aliphatic heterocycles. The van der Waals surface area contributed by atoms with Crippen LogP contribution >= 0.6 is 11.3 Å². The number of carboxylic acid groups (broad SMARTS) is 1. The first-order valence-electron chi connectivity index (χ1n) is 5.81. The quantitative estimate of drug-likeness (QED) is 0.760. The SMILES string of the molecule is Cn1ncc2c(NCc3cscn3)c(C(=O)O)cnc21. The van der Waals surface area contributed by atoms with Gasteiger partial charge in [-0.3, -0.25) is 4.68 Å². The molecule has 0 saturated carbocycles. The first kappa shape index (κ1) is 12.5. The molecule has 7 nitrogen and oxygen atoms in total. The molecular formula is C12H11N5O2S. The van der Waals surface area contributed by atoms with Gasteiger partial charge in [0.1, 0.15) is 5.56 Å². The molecule has 0 aliphatic rings. The topological polar surface area (TPSA) is 92.9 Å². The number of nitrogens with one attached hydrogen (secondary N) is 1. The Bertz CT molecular complexity index is 766. The number of pyridine rings is 1. The van der Waals surface area contributed by atoms with Crippen molar-refractivity contribution in [1.82, 2.24) is 19.7 Å². The Morgan fingerprint density at radius 2 is 2.30 bits per heavy atom. The minimum absolute atomic E-state index is 0.126. The molecule has 3 aromatic rings. The summed E-state index contributed by atoms with van der Waals surface area (Å²) in [6.07, 6.45) is 2.95. The lowest BCUT2D eigenvalue weighted by atomic mass is 10.2. The standard InChI is InChI=1S/C12H11N5O2S/c1-17-11-8(4-16-17)10(9(3-14-11)12(18)19)13-2-7-5-20-6-15-7/h3-6H,2H2,1H3,(H,13,14)(H,18,19). The van der Waals surface area contributed by atoms with Crippen molar-refractivity contribution in [3.63, 3.8) is 0 Å². The Labute approximate surface area is 117 Å². The van der Waals surface area contributed by atoms with Gasteiger partial charge in [0.25, 0.3) is 0 Å². The molecule has 102 valence electrons. The van der Waals surface area contributed by atoms with Crippen LogP contribution in [0, 0.1) is 0 Å². The highest BCUT2D eigenvalue weighted by Gasteiger charge is 2.16. The number of hydrogen-bond acceptors (Lipinski definition) is 6. The number of hydrogen-bond donors (Lipinski definition) is 2.